The van der Waals surface area contributed by atoms with E-state index in [0.29, 0.717) is 6.07 Å². The zero-order chi connectivity index (χ0) is 17.1. The Kier molecular flexibility index (Phi) is 4.12. The summed E-state index contributed by atoms with van der Waals surface area (Å²) in [6.45, 7) is 0. The van der Waals surface area contributed by atoms with Gasteiger partial charge in [0, 0.05) is 17.2 Å². The number of ketones is 1. The summed E-state index contributed by atoms with van der Waals surface area (Å²) >= 11 is 0. The molecule has 0 radical (unpaired) electrons. The molecule has 2 rings (SSSR count). The molecular weight excluding hydrogens is 308 g/mol. The maximum absolute atomic E-state index is 12.3. The second-order valence-corrected chi connectivity index (χ2v) is 4.41. The van der Waals surface area contributed by atoms with Crippen molar-refractivity contribution in [2.75, 3.05) is 0 Å². The van der Waals surface area contributed by atoms with E-state index in [1.54, 1.807) is 18.2 Å². The van der Waals surface area contributed by atoms with E-state index in [1.165, 1.54) is 12.1 Å². The Morgan fingerprint density at radius 3 is 2.00 bits per heavy atom. The number of carbonyl (C=O) groups is 2. The number of nitro benzene ring substituents is 2. The molecule has 9 nitrogen and oxygen atoms in total. The first-order valence-electron chi connectivity index (χ1n) is 6.12. The van der Waals surface area contributed by atoms with Gasteiger partial charge in [0.05, 0.1) is 9.85 Å². The zero-order valence-corrected chi connectivity index (χ0v) is 11.3. The van der Waals surface area contributed by atoms with Crippen molar-refractivity contribution in [1.29, 1.82) is 0 Å². The standard InChI is InChI=1S/C14H8N2O7/c17-13(8-4-2-1-3-5-8)9-6-10(14(18)19)12(16(22)23)11(7-9)15(20)21/h1-7H,(H,18,19). The van der Waals surface area contributed by atoms with Crippen LogP contribution in [-0.2, 0) is 0 Å². The van der Waals surface area contributed by atoms with Crippen molar-refractivity contribution in [3.05, 3.63) is 79.4 Å². The summed E-state index contributed by atoms with van der Waals surface area (Å²) in [6, 6.07) is 9.13. The topological polar surface area (TPSA) is 141 Å². The number of aromatic carboxylic acids is 1. The minimum absolute atomic E-state index is 0.173. The minimum atomic E-state index is -1.73. The zero-order valence-electron chi connectivity index (χ0n) is 11.3. The van der Waals surface area contributed by atoms with Crippen molar-refractivity contribution in [3.8, 4) is 0 Å². The molecule has 0 saturated heterocycles. The Balaban J connectivity index is 2.72. The molecule has 0 bridgehead atoms. The molecule has 2 aromatic rings. The third kappa shape index (κ3) is 3.02. The third-order valence-corrected chi connectivity index (χ3v) is 3.00. The van der Waals surface area contributed by atoms with Gasteiger partial charge in [-0.2, -0.15) is 0 Å². The molecule has 2 aromatic carbocycles. The van der Waals surface area contributed by atoms with Crippen molar-refractivity contribution in [2.45, 2.75) is 0 Å². The first-order valence-corrected chi connectivity index (χ1v) is 6.12. The summed E-state index contributed by atoms with van der Waals surface area (Å²) in [5.41, 5.74) is -3.26. The Labute approximate surface area is 128 Å². The molecule has 0 aromatic heterocycles. The minimum Gasteiger partial charge on any atom is -0.477 e. The summed E-state index contributed by atoms with van der Waals surface area (Å²) < 4.78 is 0. The van der Waals surface area contributed by atoms with Crippen LogP contribution in [0.25, 0.3) is 0 Å². The van der Waals surface area contributed by atoms with Crippen LogP contribution in [0.5, 0.6) is 0 Å². The van der Waals surface area contributed by atoms with E-state index < -0.39 is 38.5 Å². The Morgan fingerprint density at radius 1 is 0.913 bits per heavy atom. The molecule has 116 valence electrons. The molecule has 0 unspecified atom stereocenters. The summed E-state index contributed by atoms with van der Waals surface area (Å²) in [6.07, 6.45) is 0. The number of carboxylic acid groups (broad SMARTS) is 1. The first-order chi connectivity index (χ1) is 10.8. The number of benzene rings is 2. The van der Waals surface area contributed by atoms with Gasteiger partial charge < -0.3 is 5.11 Å². The van der Waals surface area contributed by atoms with Crippen LogP contribution < -0.4 is 0 Å². The van der Waals surface area contributed by atoms with Gasteiger partial charge in [0.25, 0.3) is 0 Å². The van der Waals surface area contributed by atoms with Gasteiger partial charge >= 0.3 is 17.3 Å². The van der Waals surface area contributed by atoms with Crippen molar-refractivity contribution >= 4 is 23.1 Å². The molecular formula is C14H8N2O7. The van der Waals surface area contributed by atoms with Gasteiger partial charge in [0.1, 0.15) is 5.56 Å². The molecule has 0 aliphatic rings. The predicted molar refractivity (Wildman–Crippen MR) is 76.6 cm³/mol. The molecule has 0 aliphatic carbocycles. The van der Waals surface area contributed by atoms with Gasteiger partial charge in [-0.1, -0.05) is 30.3 Å². The number of nitro groups is 2. The molecule has 0 spiro atoms. The fourth-order valence-electron chi connectivity index (χ4n) is 2.00. The molecule has 0 atom stereocenters. The van der Waals surface area contributed by atoms with Crippen molar-refractivity contribution in [2.24, 2.45) is 0 Å². The molecule has 23 heavy (non-hydrogen) atoms. The number of carboxylic acids is 1. The molecule has 1 N–H and O–H groups in total. The van der Waals surface area contributed by atoms with E-state index in [1.807, 2.05) is 0 Å². The fraction of sp³-hybridized carbons (Fsp3) is 0. The van der Waals surface area contributed by atoms with Crippen LogP contribution in [0.2, 0.25) is 0 Å². The lowest BCUT2D eigenvalue weighted by molar-refractivity contribution is -0.422. The summed E-state index contributed by atoms with van der Waals surface area (Å²) in [4.78, 5) is 43.2. The summed E-state index contributed by atoms with van der Waals surface area (Å²) in [7, 11) is 0. The van der Waals surface area contributed by atoms with Crippen LogP contribution in [0.1, 0.15) is 26.3 Å². The van der Waals surface area contributed by atoms with Crippen molar-refractivity contribution < 1.29 is 24.5 Å². The monoisotopic (exact) mass is 316 g/mol. The van der Waals surface area contributed by atoms with Gasteiger partial charge in [-0.25, -0.2) is 4.79 Å². The van der Waals surface area contributed by atoms with Crippen LogP contribution in [0, 0.1) is 20.2 Å². The van der Waals surface area contributed by atoms with Gasteiger partial charge in [-0.15, -0.1) is 0 Å². The van der Waals surface area contributed by atoms with Crippen LogP contribution in [0.4, 0.5) is 11.4 Å². The van der Waals surface area contributed by atoms with Gasteiger partial charge in [-0.05, 0) is 6.07 Å². The number of rotatable bonds is 5. The van der Waals surface area contributed by atoms with E-state index in [2.05, 4.69) is 0 Å². The number of carbonyl (C=O) groups excluding carboxylic acids is 1. The highest BCUT2D eigenvalue weighted by Gasteiger charge is 2.34. The number of hydrogen-bond donors (Lipinski definition) is 1. The van der Waals surface area contributed by atoms with Crippen LogP contribution in [0.15, 0.2) is 42.5 Å². The van der Waals surface area contributed by atoms with E-state index in [4.69, 9.17) is 5.11 Å². The van der Waals surface area contributed by atoms with Gasteiger partial charge in [0.15, 0.2) is 5.78 Å². The fourth-order valence-corrected chi connectivity index (χ4v) is 2.00. The number of nitrogens with zero attached hydrogens (tertiary/aromatic N) is 2. The quantitative estimate of drug-likeness (QED) is 0.507. The molecule has 0 amide bonds. The normalized spacial score (nSPS) is 10.1. The maximum atomic E-state index is 12.3. The SMILES string of the molecule is O=C(c1ccccc1)c1cc(C(=O)O)c([N+](=O)[O-])c([N+](=O)[O-])c1. The second-order valence-electron chi connectivity index (χ2n) is 4.41. The third-order valence-electron chi connectivity index (χ3n) is 3.00. The molecule has 0 aliphatic heterocycles. The second kappa shape index (κ2) is 6.02. The highest BCUT2D eigenvalue weighted by molar-refractivity contribution is 6.11. The van der Waals surface area contributed by atoms with Crippen LogP contribution >= 0.6 is 0 Å². The predicted octanol–water partition coefficient (Wildman–Crippen LogP) is 2.43. The Hall–Kier alpha value is -3.62. The average molecular weight is 316 g/mol. The van der Waals surface area contributed by atoms with Crippen LogP contribution in [0.3, 0.4) is 0 Å². The summed E-state index contributed by atoms with van der Waals surface area (Å²) in [5.74, 6) is -2.41. The summed E-state index contributed by atoms with van der Waals surface area (Å²) in [5, 5.41) is 31.0. The molecule has 9 heteroatoms. The first kappa shape index (κ1) is 15.8. The average Bonchev–Trinajstić information content (AvgIpc) is 2.53. The number of hydrogen-bond acceptors (Lipinski definition) is 6. The van der Waals surface area contributed by atoms with E-state index >= 15 is 0 Å². The van der Waals surface area contributed by atoms with Crippen molar-refractivity contribution in [1.82, 2.24) is 0 Å². The molecule has 0 saturated carbocycles. The lowest BCUT2D eigenvalue weighted by Gasteiger charge is -2.04. The van der Waals surface area contributed by atoms with Gasteiger partial charge in [-0.3, -0.25) is 25.0 Å². The Bertz CT molecular complexity index is 795. The van der Waals surface area contributed by atoms with Gasteiger partial charge in [0.2, 0.25) is 0 Å². The Morgan fingerprint density at radius 2 is 1.52 bits per heavy atom. The highest BCUT2D eigenvalue weighted by Crippen LogP contribution is 2.33. The van der Waals surface area contributed by atoms with E-state index in [0.717, 1.165) is 6.07 Å². The molecule has 0 fully saturated rings. The van der Waals surface area contributed by atoms with E-state index in [-0.39, 0.29) is 11.1 Å². The van der Waals surface area contributed by atoms with Crippen LogP contribution in [-0.4, -0.2) is 26.7 Å². The largest absolute Gasteiger partial charge is 0.477 e. The maximum Gasteiger partial charge on any atom is 0.360 e. The molecule has 0 heterocycles. The lowest BCUT2D eigenvalue weighted by atomic mass is 9.99. The lowest BCUT2D eigenvalue weighted by Crippen LogP contribution is -2.10. The van der Waals surface area contributed by atoms with E-state index in [9.17, 15) is 29.8 Å². The smallest absolute Gasteiger partial charge is 0.360 e. The van der Waals surface area contributed by atoms with Crippen molar-refractivity contribution in [3.63, 3.8) is 0 Å². The highest BCUT2D eigenvalue weighted by atomic mass is 16.6.